The van der Waals surface area contributed by atoms with Gasteiger partial charge in [0.25, 0.3) is 0 Å². The second-order valence-electron chi connectivity index (χ2n) is 5.94. The molecule has 0 bridgehead atoms. The van der Waals surface area contributed by atoms with E-state index in [9.17, 15) is 9.59 Å². The third kappa shape index (κ3) is 5.88. The summed E-state index contributed by atoms with van der Waals surface area (Å²) in [7, 11) is 0. The highest BCUT2D eigenvalue weighted by atomic mass is 32.1. The molecule has 0 unspecified atom stereocenters. The number of para-hydroxylation sites is 1. The van der Waals surface area contributed by atoms with Crippen molar-refractivity contribution in [1.29, 1.82) is 0 Å². The second-order valence-corrected chi connectivity index (χ2v) is 6.97. The summed E-state index contributed by atoms with van der Waals surface area (Å²) in [4.78, 5) is 29.3. The number of thiazole rings is 1. The predicted molar refractivity (Wildman–Crippen MR) is 99.7 cm³/mol. The van der Waals surface area contributed by atoms with E-state index < -0.39 is 6.04 Å². The molecule has 4 N–H and O–H groups in total. The lowest BCUT2D eigenvalue weighted by Gasteiger charge is -2.16. The van der Waals surface area contributed by atoms with Crippen LogP contribution in [-0.2, 0) is 4.79 Å². The van der Waals surface area contributed by atoms with Crippen LogP contribution in [0.1, 0.15) is 48.3 Å². The first-order valence-corrected chi connectivity index (χ1v) is 9.47. The van der Waals surface area contributed by atoms with E-state index in [0.29, 0.717) is 37.2 Å². The van der Waals surface area contributed by atoms with Gasteiger partial charge in [0.15, 0.2) is 5.01 Å². The van der Waals surface area contributed by atoms with Gasteiger partial charge in [-0.3, -0.25) is 9.59 Å². The van der Waals surface area contributed by atoms with Gasteiger partial charge >= 0.3 is 0 Å². The number of aliphatic hydroxyl groups is 1. The van der Waals surface area contributed by atoms with Gasteiger partial charge in [0.05, 0.1) is 16.3 Å². The topological polar surface area (TPSA) is 105 Å². The lowest BCUT2D eigenvalue weighted by Crippen LogP contribution is -2.40. The largest absolute Gasteiger partial charge is 0.396 e. The van der Waals surface area contributed by atoms with Gasteiger partial charge in [0.1, 0.15) is 0 Å². The Labute approximate surface area is 151 Å². The minimum atomic E-state index is -0.575. The maximum absolute atomic E-state index is 12.8. The number of aromatic nitrogens is 1. The Kier molecular flexibility index (Phi) is 7.97. The van der Waals surface area contributed by atoms with Gasteiger partial charge in [-0.05, 0) is 50.8 Å². The van der Waals surface area contributed by atoms with Crippen LogP contribution in [0, 0.1) is 0 Å². The van der Waals surface area contributed by atoms with Crippen LogP contribution < -0.4 is 11.1 Å². The zero-order chi connectivity index (χ0) is 18.1. The third-order valence-corrected chi connectivity index (χ3v) is 4.97. The molecule has 6 nitrogen and oxygen atoms in total. The molecule has 1 aromatic heterocycles. The molecule has 1 aromatic carbocycles. The van der Waals surface area contributed by atoms with Crippen molar-refractivity contribution in [3.8, 4) is 0 Å². The number of carbonyl (C=O) groups is 2. The molecule has 0 saturated heterocycles. The second kappa shape index (κ2) is 10.2. The molecule has 0 aliphatic heterocycles. The summed E-state index contributed by atoms with van der Waals surface area (Å²) in [6.45, 7) is 0.629. The van der Waals surface area contributed by atoms with Crippen LogP contribution >= 0.6 is 11.3 Å². The Bertz CT molecular complexity index is 669. The zero-order valence-corrected chi connectivity index (χ0v) is 15.1. The monoisotopic (exact) mass is 363 g/mol. The Morgan fingerprint density at radius 3 is 2.72 bits per heavy atom. The zero-order valence-electron chi connectivity index (χ0n) is 14.2. The number of carbonyl (C=O) groups excluding carboxylic acids is 2. The average molecular weight is 363 g/mol. The molecule has 2 rings (SSSR count). The summed E-state index contributed by atoms with van der Waals surface area (Å²) >= 11 is 1.35. The lowest BCUT2D eigenvalue weighted by atomic mass is 10.0. The van der Waals surface area contributed by atoms with Gasteiger partial charge in [-0.2, -0.15) is 0 Å². The lowest BCUT2D eigenvalue weighted by molar-refractivity contribution is -0.121. The molecule has 1 amide bonds. The Balaban J connectivity index is 2.06. The van der Waals surface area contributed by atoms with Crippen LogP contribution in [0.2, 0.25) is 0 Å². The summed E-state index contributed by atoms with van der Waals surface area (Å²) in [6, 6.07) is 7.03. The van der Waals surface area contributed by atoms with Crippen LogP contribution in [0.5, 0.6) is 0 Å². The highest BCUT2D eigenvalue weighted by molar-refractivity contribution is 7.20. The quantitative estimate of drug-likeness (QED) is 0.419. The van der Waals surface area contributed by atoms with Crippen molar-refractivity contribution in [3.05, 3.63) is 29.3 Å². The fourth-order valence-corrected chi connectivity index (χ4v) is 3.51. The molecule has 0 fully saturated rings. The van der Waals surface area contributed by atoms with E-state index in [1.54, 1.807) is 0 Å². The number of benzene rings is 1. The fraction of sp³-hybridized carbons (Fsp3) is 0.500. The van der Waals surface area contributed by atoms with Crippen molar-refractivity contribution in [1.82, 2.24) is 10.3 Å². The van der Waals surface area contributed by atoms with E-state index in [2.05, 4.69) is 10.3 Å². The van der Waals surface area contributed by atoms with E-state index in [1.165, 1.54) is 11.3 Å². The van der Waals surface area contributed by atoms with Gasteiger partial charge in [0, 0.05) is 13.0 Å². The number of amides is 1. The van der Waals surface area contributed by atoms with Crippen LogP contribution in [0.15, 0.2) is 24.3 Å². The Hall–Kier alpha value is -1.83. The molecule has 25 heavy (non-hydrogen) atoms. The standard InChI is InChI=1S/C18H25N3O3S/c19-11-5-3-8-14(20-16(23)10-4-6-12-22)17(24)18-21-13-7-1-2-9-15(13)25-18/h1-2,7,9,14,22H,3-6,8,10-12,19H2,(H,20,23)/t14-/m0/s1. The van der Waals surface area contributed by atoms with Crippen molar-refractivity contribution in [3.63, 3.8) is 0 Å². The van der Waals surface area contributed by atoms with Crippen LogP contribution in [-0.4, -0.2) is 41.0 Å². The first-order valence-electron chi connectivity index (χ1n) is 8.65. The number of rotatable bonds is 11. The Morgan fingerprint density at radius 2 is 2.00 bits per heavy atom. The van der Waals surface area contributed by atoms with Gasteiger partial charge in [-0.1, -0.05) is 12.1 Å². The van der Waals surface area contributed by atoms with Crippen molar-refractivity contribution in [2.75, 3.05) is 13.2 Å². The highest BCUT2D eigenvalue weighted by Gasteiger charge is 2.24. The highest BCUT2D eigenvalue weighted by Crippen LogP contribution is 2.23. The first-order chi connectivity index (χ1) is 12.2. The molecule has 0 saturated carbocycles. The van der Waals surface area contributed by atoms with E-state index in [1.807, 2.05) is 24.3 Å². The number of aliphatic hydroxyl groups excluding tert-OH is 1. The number of ketones is 1. The molecular weight excluding hydrogens is 338 g/mol. The van der Waals surface area contributed by atoms with E-state index in [0.717, 1.165) is 23.1 Å². The minimum absolute atomic E-state index is 0.0673. The first kappa shape index (κ1) is 19.5. The molecule has 0 spiro atoms. The van der Waals surface area contributed by atoms with Crippen molar-refractivity contribution in [2.24, 2.45) is 5.73 Å². The molecule has 0 aliphatic rings. The van der Waals surface area contributed by atoms with Crippen LogP contribution in [0.3, 0.4) is 0 Å². The van der Waals surface area contributed by atoms with E-state index >= 15 is 0 Å². The van der Waals surface area contributed by atoms with Gasteiger partial charge in [0.2, 0.25) is 11.7 Å². The SMILES string of the molecule is NCCCC[C@H](NC(=O)CCCCO)C(=O)c1nc2ccccc2s1. The maximum Gasteiger partial charge on any atom is 0.220 e. The van der Waals surface area contributed by atoms with Gasteiger partial charge in [-0.25, -0.2) is 4.98 Å². The minimum Gasteiger partial charge on any atom is -0.396 e. The molecule has 136 valence electrons. The van der Waals surface area contributed by atoms with Crippen LogP contribution in [0.25, 0.3) is 10.2 Å². The molecule has 0 aliphatic carbocycles. The van der Waals surface area contributed by atoms with Crippen molar-refractivity contribution < 1.29 is 14.7 Å². The number of nitrogens with one attached hydrogen (secondary N) is 1. The van der Waals surface area contributed by atoms with E-state index in [-0.39, 0.29) is 18.3 Å². The predicted octanol–water partition coefficient (Wildman–Crippen LogP) is 2.26. The van der Waals surface area contributed by atoms with E-state index in [4.69, 9.17) is 10.8 Å². The van der Waals surface area contributed by atoms with Crippen molar-refractivity contribution >= 4 is 33.2 Å². The average Bonchev–Trinajstić information content (AvgIpc) is 3.05. The molecule has 7 heteroatoms. The summed E-state index contributed by atoms with van der Waals surface area (Å²) in [5.74, 6) is -0.311. The molecule has 0 radical (unpaired) electrons. The fourth-order valence-electron chi connectivity index (χ4n) is 2.55. The van der Waals surface area contributed by atoms with Gasteiger partial charge < -0.3 is 16.2 Å². The smallest absolute Gasteiger partial charge is 0.220 e. The number of nitrogens with zero attached hydrogens (tertiary/aromatic N) is 1. The summed E-state index contributed by atoms with van der Waals surface area (Å²) in [5, 5.41) is 12.1. The molecule has 1 atom stereocenters. The van der Waals surface area contributed by atoms with Crippen LogP contribution in [0.4, 0.5) is 0 Å². The number of unbranched alkanes of at least 4 members (excludes halogenated alkanes) is 2. The van der Waals surface area contributed by atoms with Gasteiger partial charge in [-0.15, -0.1) is 11.3 Å². The summed E-state index contributed by atoms with van der Waals surface area (Å²) in [5.41, 5.74) is 6.33. The Morgan fingerprint density at radius 1 is 1.20 bits per heavy atom. The number of hydrogen-bond acceptors (Lipinski definition) is 6. The number of Topliss-reactive ketones (excluding diaryl/α,β-unsaturated/α-hetero) is 1. The molecule has 1 heterocycles. The summed E-state index contributed by atoms with van der Waals surface area (Å²) in [6.07, 6.45) is 3.63. The third-order valence-electron chi connectivity index (χ3n) is 3.92. The number of nitrogens with two attached hydrogens (primary N) is 1. The molecule has 2 aromatic rings. The maximum atomic E-state index is 12.8. The number of fused-ring (bicyclic) bond motifs is 1. The normalized spacial score (nSPS) is 12.2. The van der Waals surface area contributed by atoms with Crippen molar-refractivity contribution in [2.45, 2.75) is 44.6 Å². The summed E-state index contributed by atoms with van der Waals surface area (Å²) < 4.78 is 0.959. The molecular formula is C18H25N3O3S. The number of hydrogen-bond donors (Lipinski definition) is 3.